The molecule has 1 unspecified atom stereocenters. The van der Waals surface area contributed by atoms with Gasteiger partial charge in [0.05, 0.1) is 22.8 Å². The number of furan rings is 1. The molecule has 1 aliphatic rings. The minimum atomic E-state index is -0.924. The molecule has 1 aliphatic heterocycles. The summed E-state index contributed by atoms with van der Waals surface area (Å²) in [6.07, 6.45) is 1.49. The van der Waals surface area contributed by atoms with Crippen molar-refractivity contribution in [2.45, 2.75) is 59.7 Å². The summed E-state index contributed by atoms with van der Waals surface area (Å²) >= 11 is 0. The first-order valence-electron chi connectivity index (χ1n) is 12.2. The van der Waals surface area contributed by atoms with Gasteiger partial charge in [0.2, 0.25) is 0 Å². The van der Waals surface area contributed by atoms with E-state index in [1.54, 1.807) is 28.8 Å². The Hall–Kier alpha value is -3.94. The summed E-state index contributed by atoms with van der Waals surface area (Å²) in [5, 5.41) is 5.04. The molecular weight excluding hydrogens is 456 g/mol. The van der Waals surface area contributed by atoms with Crippen LogP contribution in [0.1, 0.15) is 59.8 Å². The first-order valence-corrected chi connectivity index (χ1v) is 12.2. The van der Waals surface area contributed by atoms with Crippen molar-refractivity contribution in [3.8, 4) is 11.3 Å². The summed E-state index contributed by atoms with van der Waals surface area (Å²) in [6.45, 7) is 10.5. The second kappa shape index (κ2) is 9.26. The van der Waals surface area contributed by atoms with Gasteiger partial charge < -0.3 is 14.1 Å². The van der Waals surface area contributed by atoms with Crippen molar-refractivity contribution in [3.63, 3.8) is 0 Å². The van der Waals surface area contributed by atoms with Crippen LogP contribution in [0.2, 0.25) is 0 Å². The highest BCUT2D eigenvalue weighted by molar-refractivity contribution is 6.04. The fourth-order valence-electron chi connectivity index (χ4n) is 4.80. The van der Waals surface area contributed by atoms with Crippen molar-refractivity contribution in [1.82, 2.24) is 19.7 Å². The lowest BCUT2D eigenvalue weighted by atomic mass is 9.99. The summed E-state index contributed by atoms with van der Waals surface area (Å²) in [6, 6.07) is 11.8. The van der Waals surface area contributed by atoms with E-state index in [2.05, 4.69) is 11.2 Å². The van der Waals surface area contributed by atoms with Crippen molar-refractivity contribution in [3.05, 3.63) is 70.8 Å². The second-order valence-electron chi connectivity index (χ2n) is 9.63. The standard InChI is InChI=1S/C28H30N4O4/c1-16(2)32-26-24(14-29-32)23(13-25(30-26)22-12-17(3)35-18(22)4)28(34)36-19(5)27(33)31-11-10-20-8-6-7-9-21(20)15-31/h6-9,12-14,16,19H,10-11,15H2,1-5H3. The molecule has 4 aromatic rings. The monoisotopic (exact) mass is 486 g/mol. The van der Waals surface area contributed by atoms with E-state index < -0.39 is 12.1 Å². The van der Waals surface area contributed by atoms with Crippen molar-refractivity contribution in [2.24, 2.45) is 0 Å². The second-order valence-corrected chi connectivity index (χ2v) is 9.63. The first kappa shape index (κ1) is 23.8. The van der Waals surface area contributed by atoms with Gasteiger partial charge in [0.25, 0.3) is 5.91 Å². The molecular formula is C28H30N4O4. The Labute approximate surface area is 209 Å². The number of amides is 1. The highest BCUT2D eigenvalue weighted by Gasteiger charge is 2.29. The van der Waals surface area contributed by atoms with Crippen molar-refractivity contribution >= 4 is 22.9 Å². The normalized spacial score (nSPS) is 14.2. The van der Waals surface area contributed by atoms with E-state index in [-0.39, 0.29) is 11.9 Å². The Kier molecular flexibility index (Phi) is 6.12. The Balaban J connectivity index is 1.44. The fraction of sp³-hybridized carbons (Fsp3) is 0.357. The Morgan fingerprint density at radius 2 is 1.83 bits per heavy atom. The lowest BCUT2D eigenvalue weighted by Crippen LogP contribution is -2.42. The molecule has 0 saturated heterocycles. The molecule has 1 aromatic carbocycles. The number of carbonyl (C=O) groups excluding carboxylic acids is 2. The number of aryl methyl sites for hydroxylation is 2. The van der Waals surface area contributed by atoms with Crippen LogP contribution in [0.3, 0.4) is 0 Å². The number of benzene rings is 1. The summed E-state index contributed by atoms with van der Waals surface area (Å²) in [5.41, 5.74) is 4.69. The number of nitrogens with zero attached hydrogens (tertiary/aromatic N) is 4. The molecule has 186 valence electrons. The highest BCUT2D eigenvalue weighted by Crippen LogP contribution is 2.30. The van der Waals surface area contributed by atoms with Gasteiger partial charge in [-0.05, 0) is 64.3 Å². The number of fused-ring (bicyclic) bond motifs is 2. The van der Waals surface area contributed by atoms with Gasteiger partial charge in [-0.25, -0.2) is 14.5 Å². The smallest absolute Gasteiger partial charge is 0.339 e. The zero-order chi connectivity index (χ0) is 25.6. The van der Waals surface area contributed by atoms with E-state index in [0.717, 1.165) is 23.3 Å². The summed E-state index contributed by atoms with van der Waals surface area (Å²) in [4.78, 5) is 33.2. The molecule has 0 saturated carbocycles. The van der Waals surface area contributed by atoms with E-state index in [9.17, 15) is 9.59 Å². The number of hydrogen-bond donors (Lipinski definition) is 0. The highest BCUT2D eigenvalue weighted by atomic mass is 16.5. The van der Waals surface area contributed by atoms with E-state index in [0.29, 0.717) is 41.1 Å². The maximum absolute atomic E-state index is 13.4. The molecule has 0 bridgehead atoms. The van der Waals surface area contributed by atoms with E-state index in [1.165, 1.54) is 5.56 Å². The number of pyridine rings is 1. The van der Waals surface area contributed by atoms with Crippen LogP contribution in [0.25, 0.3) is 22.3 Å². The molecule has 8 nitrogen and oxygen atoms in total. The Morgan fingerprint density at radius 3 is 2.53 bits per heavy atom. The molecule has 5 rings (SSSR count). The van der Waals surface area contributed by atoms with Crippen LogP contribution in [0, 0.1) is 13.8 Å². The van der Waals surface area contributed by atoms with E-state index >= 15 is 0 Å². The maximum Gasteiger partial charge on any atom is 0.339 e. The van der Waals surface area contributed by atoms with Gasteiger partial charge >= 0.3 is 5.97 Å². The van der Waals surface area contributed by atoms with Crippen LogP contribution >= 0.6 is 0 Å². The third-order valence-corrected chi connectivity index (χ3v) is 6.67. The van der Waals surface area contributed by atoms with Gasteiger partial charge in [-0.3, -0.25) is 4.79 Å². The number of rotatable bonds is 5. The molecule has 0 N–H and O–H groups in total. The zero-order valence-corrected chi connectivity index (χ0v) is 21.2. The number of ether oxygens (including phenoxy) is 1. The van der Waals surface area contributed by atoms with Crippen LogP contribution in [-0.4, -0.2) is 44.2 Å². The molecule has 1 atom stereocenters. The predicted molar refractivity (Wildman–Crippen MR) is 136 cm³/mol. The minimum Gasteiger partial charge on any atom is -0.466 e. The predicted octanol–water partition coefficient (Wildman–Crippen LogP) is 5.02. The van der Waals surface area contributed by atoms with Gasteiger partial charge in [0.1, 0.15) is 11.5 Å². The average molecular weight is 487 g/mol. The molecule has 0 radical (unpaired) electrons. The van der Waals surface area contributed by atoms with Crippen LogP contribution < -0.4 is 0 Å². The molecule has 1 amide bonds. The Bertz CT molecular complexity index is 1470. The minimum absolute atomic E-state index is 0.0452. The molecule has 3 aromatic heterocycles. The molecule has 0 aliphatic carbocycles. The molecule has 8 heteroatoms. The fourth-order valence-corrected chi connectivity index (χ4v) is 4.80. The summed E-state index contributed by atoms with van der Waals surface area (Å²) in [7, 11) is 0. The molecule has 4 heterocycles. The third-order valence-electron chi connectivity index (χ3n) is 6.67. The number of carbonyl (C=O) groups is 2. The number of esters is 1. The van der Waals surface area contributed by atoms with Gasteiger partial charge in [-0.15, -0.1) is 0 Å². The van der Waals surface area contributed by atoms with Crippen LogP contribution in [0.4, 0.5) is 0 Å². The number of hydrogen-bond acceptors (Lipinski definition) is 6. The third kappa shape index (κ3) is 4.27. The topological polar surface area (TPSA) is 90.5 Å². The van der Waals surface area contributed by atoms with Crippen molar-refractivity contribution in [2.75, 3.05) is 6.54 Å². The SMILES string of the molecule is Cc1cc(-c2cc(C(=O)OC(C)C(=O)N3CCc4ccccc4C3)c3cnn(C(C)C)c3n2)c(C)o1. The van der Waals surface area contributed by atoms with Crippen molar-refractivity contribution < 1.29 is 18.7 Å². The average Bonchev–Trinajstić information content (AvgIpc) is 3.44. The summed E-state index contributed by atoms with van der Waals surface area (Å²) in [5.74, 6) is 0.682. The van der Waals surface area contributed by atoms with E-state index in [1.807, 2.05) is 52.0 Å². The quantitative estimate of drug-likeness (QED) is 0.368. The maximum atomic E-state index is 13.4. The van der Waals surface area contributed by atoms with Crippen LogP contribution in [-0.2, 0) is 22.5 Å². The lowest BCUT2D eigenvalue weighted by Gasteiger charge is -2.30. The largest absolute Gasteiger partial charge is 0.466 e. The Morgan fingerprint density at radius 1 is 1.08 bits per heavy atom. The summed E-state index contributed by atoms with van der Waals surface area (Å²) < 4.78 is 13.2. The first-order chi connectivity index (χ1) is 17.2. The van der Waals surface area contributed by atoms with Gasteiger partial charge in [-0.1, -0.05) is 24.3 Å². The zero-order valence-electron chi connectivity index (χ0n) is 21.2. The number of aromatic nitrogens is 3. The van der Waals surface area contributed by atoms with Crippen LogP contribution in [0.15, 0.2) is 47.0 Å². The van der Waals surface area contributed by atoms with E-state index in [4.69, 9.17) is 14.1 Å². The lowest BCUT2D eigenvalue weighted by molar-refractivity contribution is -0.140. The van der Waals surface area contributed by atoms with Crippen molar-refractivity contribution in [1.29, 1.82) is 0 Å². The molecule has 0 spiro atoms. The van der Waals surface area contributed by atoms with Crippen LogP contribution in [0.5, 0.6) is 0 Å². The molecule has 0 fully saturated rings. The van der Waals surface area contributed by atoms with Gasteiger partial charge in [0.15, 0.2) is 11.8 Å². The van der Waals surface area contributed by atoms with Gasteiger partial charge in [0, 0.05) is 24.7 Å². The van der Waals surface area contributed by atoms with Gasteiger partial charge in [-0.2, -0.15) is 5.10 Å². The molecule has 36 heavy (non-hydrogen) atoms.